The lowest BCUT2D eigenvalue weighted by Gasteiger charge is -2.08. The molecule has 3 aromatic carbocycles. The second kappa shape index (κ2) is 11.6. The van der Waals surface area contributed by atoms with Crippen LogP contribution in [0, 0.1) is 0 Å². The molecule has 0 unspecified atom stereocenters. The summed E-state index contributed by atoms with van der Waals surface area (Å²) in [5.74, 6) is 0.203. The third kappa shape index (κ3) is 7.00. The fourth-order valence-electron chi connectivity index (χ4n) is 2.90. The number of aryl methyl sites for hydroxylation is 1. The molecule has 0 spiro atoms. The van der Waals surface area contributed by atoms with Crippen LogP contribution in [-0.2, 0) is 11.2 Å². The van der Waals surface area contributed by atoms with Crippen molar-refractivity contribution in [3.63, 3.8) is 0 Å². The van der Waals surface area contributed by atoms with Crippen LogP contribution in [0.2, 0.25) is 0 Å². The van der Waals surface area contributed by atoms with Crippen molar-refractivity contribution in [1.82, 2.24) is 0 Å². The molecule has 5 heteroatoms. The van der Waals surface area contributed by atoms with E-state index in [9.17, 15) is 9.59 Å². The molecule has 5 nitrogen and oxygen atoms in total. The Morgan fingerprint density at radius 2 is 1.32 bits per heavy atom. The van der Waals surface area contributed by atoms with Gasteiger partial charge in [0.1, 0.15) is 11.5 Å². The summed E-state index contributed by atoms with van der Waals surface area (Å²) in [7, 11) is 0. The maximum absolute atomic E-state index is 12.3. The number of hydrogen-bond acceptors (Lipinski definition) is 5. The molecule has 0 atom stereocenters. The highest BCUT2D eigenvalue weighted by Crippen LogP contribution is 2.17. The van der Waals surface area contributed by atoms with Crippen LogP contribution >= 0.6 is 0 Å². The summed E-state index contributed by atoms with van der Waals surface area (Å²) in [5.41, 5.74) is 2.05. The molecule has 0 fully saturated rings. The van der Waals surface area contributed by atoms with E-state index in [4.69, 9.17) is 14.2 Å². The second-order valence-corrected chi connectivity index (χ2v) is 7.01. The van der Waals surface area contributed by atoms with E-state index in [2.05, 4.69) is 12.1 Å². The van der Waals surface area contributed by atoms with Gasteiger partial charge in [-0.3, -0.25) is 0 Å². The smallest absolute Gasteiger partial charge is 0.343 e. The zero-order chi connectivity index (χ0) is 21.9. The van der Waals surface area contributed by atoms with Crippen LogP contribution in [-0.4, -0.2) is 25.2 Å². The summed E-state index contributed by atoms with van der Waals surface area (Å²) < 4.78 is 16.2. The lowest BCUT2D eigenvalue weighted by atomic mass is 10.1. The Morgan fingerprint density at radius 3 is 1.97 bits per heavy atom. The van der Waals surface area contributed by atoms with Crippen LogP contribution in [0.25, 0.3) is 0 Å². The summed E-state index contributed by atoms with van der Waals surface area (Å²) in [4.78, 5) is 24.5. The first kappa shape index (κ1) is 22.1. The number of carbonyl (C=O) groups excluding carboxylic acids is 2. The van der Waals surface area contributed by atoms with E-state index in [1.165, 1.54) is 5.56 Å². The van der Waals surface area contributed by atoms with Crippen molar-refractivity contribution in [1.29, 1.82) is 0 Å². The minimum absolute atomic E-state index is 0.350. The van der Waals surface area contributed by atoms with Gasteiger partial charge in [-0.25, -0.2) is 9.59 Å². The number of esters is 2. The van der Waals surface area contributed by atoms with Crippen molar-refractivity contribution in [2.24, 2.45) is 0 Å². The van der Waals surface area contributed by atoms with Crippen molar-refractivity contribution < 1.29 is 23.8 Å². The third-order valence-electron chi connectivity index (χ3n) is 4.55. The fraction of sp³-hybridized carbons (Fsp3) is 0.231. The van der Waals surface area contributed by atoms with E-state index in [1.807, 2.05) is 25.1 Å². The molecule has 0 saturated heterocycles. The maximum atomic E-state index is 12.3. The van der Waals surface area contributed by atoms with Gasteiger partial charge in [-0.2, -0.15) is 0 Å². The van der Waals surface area contributed by atoms with Gasteiger partial charge in [-0.15, -0.1) is 0 Å². The van der Waals surface area contributed by atoms with Gasteiger partial charge in [-0.1, -0.05) is 37.3 Å². The number of hydrogen-bond donors (Lipinski definition) is 0. The SMILES string of the molecule is CCCOc1ccc(C(=O)Oc2ccc(C(=O)OCCCc3ccccc3)cc2)cc1. The van der Waals surface area contributed by atoms with Crippen molar-refractivity contribution in [2.45, 2.75) is 26.2 Å². The minimum atomic E-state index is -0.474. The first-order chi connectivity index (χ1) is 15.2. The first-order valence-corrected chi connectivity index (χ1v) is 10.4. The van der Waals surface area contributed by atoms with E-state index in [-0.39, 0.29) is 0 Å². The Bertz CT molecular complexity index is 963. The highest BCUT2D eigenvalue weighted by atomic mass is 16.5. The molecule has 0 saturated carbocycles. The average Bonchev–Trinajstić information content (AvgIpc) is 2.82. The van der Waals surface area contributed by atoms with Gasteiger partial charge < -0.3 is 14.2 Å². The standard InChI is InChI=1S/C26H26O5/c1-2-18-29-23-14-10-22(11-15-23)26(28)31-24-16-12-21(13-17-24)25(27)30-19-6-9-20-7-4-3-5-8-20/h3-5,7-8,10-17H,2,6,9,18-19H2,1H3. The van der Waals surface area contributed by atoms with Gasteiger partial charge in [0.2, 0.25) is 0 Å². The van der Waals surface area contributed by atoms with E-state index < -0.39 is 11.9 Å². The minimum Gasteiger partial charge on any atom is -0.494 e. The maximum Gasteiger partial charge on any atom is 0.343 e. The van der Waals surface area contributed by atoms with Gasteiger partial charge in [0, 0.05) is 0 Å². The molecule has 31 heavy (non-hydrogen) atoms. The zero-order valence-electron chi connectivity index (χ0n) is 17.6. The summed E-state index contributed by atoms with van der Waals surface area (Å²) in [6, 6.07) is 23.2. The average molecular weight is 418 g/mol. The summed E-state index contributed by atoms with van der Waals surface area (Å²) in [5, 5.41) is 0. The second-order valence-electron chi connectivity index (χ2n) is 7.01. The van der Waals surface area contributed by atoms with E-state index >= 15 is 0 Å². The van der Waals surface area contributed by atoms with Crippen molar-refractivity contribution in [3.8, 4) is 11.5 Å². The third-order valence-corrected chi connectivity index (χ3v) is 4.55. The van der Waals surface area contributed by atoms with Crippen LogP contribution in [0.4, 0.5) is 0 Å². The predicted octanol–water partition coefficient (Wildman–Crippen LogP) is 5.48. The molecule has 0 bridgehead atoms. The van der Waals surface area contributed by atoms with Gasteiger partial charge in [0.15, 0.2) is 0 Å². The molecule has 3 rings (SSSR count). The highest BCUT2D eigenvalue weighted by molar-refractivity contribution is 5.92. The first-order valence-electron chi connectivity index (χ1n) is 10.4. The Balaban J connectivity index is 1.45. The molecule has 160 valence electrons. The van der Waals surface area contributed by atoms with Crippen molar-refractivity contribution in [3.05, 3.63) is 95.6 Å². The van der Waals surface area contributed by atoms with Crippen LogP contribution in [0.15, 0.2) is 78.9 Å². The highest BCUT2D eigenvalue weighted by Gasteiger charge is 2.11. The zero-order valence-corrected chi connectivity index (χ0v) is 17.6. The molecule has 0 radical (unpaired) electrons. The van der Waals surface area contributed by atoms with Gasteiger partial charge in [0.05, 0.1) is 24.3 Å². The quantitative estimate of drug-likeness (QED) is 0.248. The molecule has 0 amide bonds. The Hall–Kier alpha value is -3.60. The number of rotatable bonds is 10. The van der Waals surface area contributed by atoms with Gasteiger partial charge in [0.25, 0.3) is 0 Å². The van der Waals surface area contributed by atoms with E-state index in [0.29, 0.717) is 35.8 Å². The largest absolute Gasteiger partial charge is 0.494 e. The number of benzene rings is 3. The Labute approximate surface area is 182 Å². The molecular weight excluding hydrogens is 392 g/mol. The fourth-order valence-corrected chi connectivity index (χ4v) is 2.90. The lowest BCUT2D eigenvalue weighted by Crippen LogP contribution is -2.09. The summed E-state index contributed by atoms with van der Waals surface area (Å²) in [6.07, 6.45) is 2.53. The summed E-state index contributed by atoms with van der Waals surface area (Å²) >= 11 is 0. The van der Waals surface area contributed by atoms with Crippen LogP contribution in [0.1, 0.15) is 46.0 Å². The van der Waals surface area contributed by atoms with Crippen molar-refractivity contribution >= 4 is 11.9 Å². The molecule has 0 aliphatic heterocycles. The van der Waals surface area contributed by atoms with Crippen LogP contribution < -0.4 is 9.47 Å². The van der Waals surface area contributed by atoms with E-state index in [0.717, 1.165) is 19.3 Å². The summed E-state index contributed by atoms with van der Waals surface area (Å²) in [6.45, 7) is 3.01. The molecule has 3 aromatic rings. The number of carbonyl (C=O) groups is 2. The Morgan fingerprint density at radius 1 is 0.710 bits per heavy atom. The molecule has 0 heterocycles. The van der Waals surface area contributed by atoms with Gasteiger partial charge in [-0.05, 0) is 73.4 Å². The monoisotopic (exact) mass is 418 g/mol. The normalized spacial score (nSPS) is 10.4. The molecule has 0 N–H and O–H groups in total. The molecular formula is C26H26O5. The number of ether oxygens (including phenoxy) is 3. The van der Waals surface area contributed by atoms with E-state index in [1.54, 1.807) is 48.5 Å². The van der Waals surface area contributed by atoms with Gasteiger partial charge >= 0.3 is 11.9 Å². The molecule has 0 aliphatic rings. The van der Waals surface area contributed by atoms with Crippen LogP contribution in [0.5, 0.6) is 11.5 Å². The van der Waals surface area contributed by atoms with Crippen LogP contribution in [0.3, 0.4) is 0 Å². The predicted molar refractivity (Wildman–Crippen MR) is 119 cm³/mol. The lowest BCUT2D eigenvalue weighted by molar-refractivity contribution is 0.0500. The topological polar surface area (TPSA) is 61.8 Å². The Kier molecular flexibility index (Phi) is 8.23. The molecule has 0 aliphatic carbocycles. The van der Waals surface area contributed by atoms with Crippen molar-refractivity contribution in [2.75, 3.05) is 13.2 Å². The molecule has 0 aromatic heterocycles.